The van der Waals surface area contributed by atoms with E-state index in [9.17, 15) is 0 Å². The molecule has 3 heteroatoms. The molecule has 0 aromatic rings. The third-order valence-corrected chi connectivity index (χ3v) is 2.49. The van der Waals surface area contributed by atoms with E-state index in [1.165, 1.54) is 19.2 Å². The fourth-order valence-electron chi connectivity index (χ4n) is 1.55. The lowest BCUT2D eigenvalue weighted by atomic mass is 9.92. The maximum absolute atomic E-state index is 5.61. The first-order valence-corrected chi connectivity index (χ1v) is 5.04. The van der Waals surface area contributed by atoms with Crippen molar-refractivity contribution in [3.63, 3.8) is 0 Å². The molecule has 0 amide bonds. The third kappa shape index (κ3) is 3.15. The Labute approximate surface area is 76.0 Å². The van der Waals surface area contributed by atoms with Crippen molar-refractivity contribution < 1.29 is 9.47 Å². The standard InChI is InChI=1S/C9H19BO2/c1-8(3-2-4-10)9-7-11-5-6-12-9/h8-9H,2-7,10H2,1H3. The quantitative estimate of drug-likeness (QED) is 0.583. The summed E-state index contributed by atoms with van der Waals surface area (Å²) >= 11 is 0. The van der Waals surface area contributed by atoms with Crippen LogP contribution in [0.5, 0.6) is 0 Å². The number of ether oxygens (including phenoxy) is 2. The lowest BCUT2D eigenvalue weighted by Gasteiger charge is -2.28. The van der Waals surface area contributed by atoms with Gasteiger partial charge in [0.05, 0.1) is 25.9 Å². The number of hydrogen-bond donors (Lipinski definition) is 0. The van der Waals surface area contributed by atoms with Crippen LogP contribution in [0.2, 0.25) is 6.32 Å². The van der Waals surface area contributed by atoms with Gasteiger partial charge in [0.2, 0.25) is 0 Å². The predicted molar refractivity (Wildman–Crippen MR) is 52.3 cm³/mol. The van der Waals surface area contributed by atoms with Gasteiger partial charge >= 0.3 is 0 Å². The van der Waals surface area contributed by atoms with Crippen LogP contribution in [0.25, 0.3) is 0 Å². The zero-order valence-corrected chi connectivity index (χ0v) is 8.21. The molecule has 0 radical (unpaired) electrons. The second-order valence-electron chi connectivity index (χ2n) is 3.60. The van der Waals surface area contributed by atoms with Gasteiger partial charge in [0.15, 0.2) is 0 Å². The van der Waals surface area contributed by atoms with Gasteiger partial charge in [0.25, 0.3) is 0 Å². The second-order valence-corrected chi connectivity index (χ2v) is 3.60. The highest BCUT2D eigenvalue weighted by Gasteiger charge is 2.20. The fourth-order valence-corrected chi connectivity index (χ4v) is 1.55. The van der Waals surface area contributed by atoms with Gasteiger partial charge in [-0.3, -0.25) is 0 Å². The molecule has 1 fully saturated rings. The molecule has 0 aromatic carbocycles. The summed E-state index contributed by atoms with van der Waals surface area (Å²) in [6.07, 6.45) is 4.20. The highest BCUT2D eigenvalue weighted by molar-refractivity contribution is 6.08. The lowest BCUT2D eigenvalue weighted by molar-refractivity contribution is -0.109. The Morgan fingerprint density at radius 1 is 1.50 bits per heavy atom. The molecule has 0 bridgehead atoms. The Morgan fingerprint density at radius 2 is 2.33 bits per heavy atom. The molecule has 1 saturated heterocycles. The largest absolute Gasteiger partial charge is 0.376 e. The first kappa shape index (κ1) is 10.1. The molecular formula is C9H19BO2. The molecule has 1 heterocycles. The van der Waals surface area contributed by atoms with Crippen LogP contribution in [0.4, 0.5) is 0 Å². The maximum Gasteiger partial charge on any atom is 0.101 e. The van der Waals surface area contributed by atoms with E-state index in [4.69, 9.17) is 9.47 Å². The topological polar surface area (TPSA) is 18.5 Å². The summed E-state index contributed by atoms with van der Waals surface area (Å²) in [6, 6.07) is 0. The molecule has 2 nitrogen and oxygen atoms in total. The highest BCUT2D eigenvalue weighted by Crippen LogP contribution is 2.17. The average Bonchev–Trinajstić information content (AvgIpc) is 2.15. The minimum atomic E-state index is 0.352. The van der Waals surface area contributed by atoms with Crippen LogP contribution in [0.1, 0.15) is 19.8 Å². The van der Waals surface area contributed by atoms with Crippen LogP contribution in [0.3, 0.4) is 0 Å². The SMILES string of the molecule is BCCCC(C)C1COCCO1. The van der Waals surface area contributed by atoms with E-state index < -0.39 is 0 Å². The zero-order chi connectivity index (χ0) is 8.81. The first-order valence-electron chi connectivity index (χ1n) is 5.04. The summed E-state index contributed by atoms with van der Waals surface area (Å²) < 4.78 is 11.0. The molecule has 0 spiro atoms. The first-order chi connectivity index (χ1) is 5.84. The maximum atomic E-state index is 5.61. The summed E-state index contributed by atoms with van der Waals surface area (Å²) in [6.45, 7) is 4.61. The molecule has 70 valence electrons. The fraction of sp³-hybridized carbons (Fsp3) is 1.00. The van der Waals surface area contributed by atoms with Gasteiger partial charge in [-0.2, -0.15) is 0 Å². The third-order valence-electron chi connectivity index (χ3n) is 2.49. The van der Waals surface area contributed by atoms with Crippen LogP contribution in [-0.4, -0.2) is 33.8 Å². The normalized spacial score (nSPS) is 26.9. The van der Waals surface area contributed by atoms with Crippen molar-refractivity contribution in [3.8, 4) is 0 Å². The predicted octanol–water partition coefficient (Wildman–Crippen LogP) is 0.869. The van der Waals surface area contributed by atoms with E-state index in [1.54, 1.807) is 0 Å². The van der Waals surface area contributed by atoms with E-state index in [-0.39, 0.29) is 0 Å². The number of hydrogen-bond acceptors (Lipinski definition) is 2. The van der Waals surface area contributed by atoms with Gasteiger partial charge in [-0.15, -0.1) is 0 Å². The van der Waals surface area contributed by atoms with E-state index in [1.807, 2.05) is 0 Å². The van der Waals surface area contributed by atoms with Crippen molar-refractivity contribution in [1.29, 1.82) is 0 Å². The van der Waals surface area contributed by atoms with Crippen molar-refractivity contribution in [2.45, 2.75) is 32.2 Å². The summed E-state index contributed by atoms with van der Waals surface area (Å²) in [7, 11) is 2.23. The average molecular weight is 170 g/mol. The Hall–Kier alpha value is -0.0151. The minimum Gasteiger partial charge on any atom is -0.376 e. The molecular weight excluding hydrogens is 151 g/mol. The highest BCUT2D eigenvalue weighted by atomic mass is 16.6. The van der Waals surface area contributed by atoms with E-state index >= 15 is 0 Å². The molecule has 0 saturated carbocycles. The van der Waals surface area contributed by atoms with Gasteiger partial charge in [-0.1, -0.05) is 19.7 Å². The van der Waals surface area contributed by atoms with Crippen LogP contribution < -0.4 is 0 Å². The van der Waals surface area contributed by atoms with Gasteiger partial charge in [-0.25, -0.2) is 0 Å². The molecule has 1 rings (SSSR count). The second kappa shape index (κ2) is 5.60. The molecule has 2 atom stereocenters. The van der Waals surface area contributed by atoms with Gasteiger partial charge < -0.3 is 9.47 Å². The van der Waals surface area contributed by atoms with Crippen LogP contribution >= 0.6 is 0 Å². The molecule has 0 N–H and O–H groups in total. The Bertz CT molecular complexity index is 113. The monoisotopic (exact) mass is 170 g/mol. The Balaban J connectivity index is 2.15. The zero-order valence-electron chi connectivity index (χ0n) is 8.21. The lowest BCUT2D eigenvalue weighted by Crippen LogP contribution is -2.33. The number of rotatable bonds is 4. The van der Waals surface area contributed by atoms with Crippen molar-refractivity contribution in [2.75, 3.05) is 19.8 Å². The van der Waals surface area contributed by atoms with E-state index in [0.717, 1.165) is 19.8 Å². The van der Waals surface area contributed by atoms with Crippen molar-refractivity contribution in [3.05, 3.63) is 0 Å². The smallest absolute Gasteiger partial charge is 0.101 e. The Morgan fingerprint density at radius 3 is 2.92 bits per heavy atom. The van der Waals surface area contributed by atoms with Crippen molar-refractivity contribution >= 4 is 7.85 Å². The molecule has 2 unspecified atom stereocenters. The molecule has 12 heavy (non-hydrogen) atoms. The van der Waals surface area contributed by atoms with Gasteiger partial charge in [-0.05, 0) is 12.3 Å². The summed E-state index contributed by atoms with van der Waals surface area (Å²) in [5, 5.41) is 0. The van der Waals surface area contributed by atoms with Gasteiger partial charge in [0.1, 0.15) is 7.85 Å². The van der Waals surface area contributed by atoms with Crippen LogP contribution in [-0.2, 0) is 9.47 Å². The summed E-state index contributed by atoms with van der Waals surface area (Å²) in [5.41, 5.74) is 0. The molecule has 0 aromatic heterocycles. The van der Waals surface area contributed by atoms with Crippen LogP contribution in [0.15, 0.2) is 0 Å². The summed E-state index contributed by atoms with van der Waals surface area (Å²) in [5.74, 6) is 0.658. The van der Waals surface area contributed by atoms with Gasteiger partial charge in [0, 0.05) is 0 Å². The Kier molecular flexibility index (Phi) is 4.70. The molecule has 1 aliphatic rings. The molecule has 1 aliphatic heterocycles. The summed E-state index contributed by atoms with van der Waals surface area (Å²) in [4.78, 5) is 0. The minimum absolute atomic E-state index is 0.352. The van der Waals surface area contributed by atoms with Crippen molar-refractivity contribution in [2.24, 2.45) is 5.92 Å². The molecule has 0 aliphatic carbocycles. The van der Waals surface area contributed by atoms with Crippen LogP contribution in [0, 0.1) is 5.92 Å². The van der Waals surface area contributed by atoms with E-state index in [2.05, 4.69) is 14.8 Å². The van der Waals surface area contributed by atoms with E-state index in [0.29, 0.717) is 12.0 Å². The van der Waals surface area contributed by atoms with Crippen molar-refractivity contribution in [1.82, 2.24) is 0 Å².